The summed E-state index contributed by atoms with van der Waals surface area (Å²) in [6.07, 6.45) is 3.50. The highest BCUT2D eigenvalue weighted by atomic mass is 32.1. The number of nitrogens with zero attached hydrogens (tertiary/aromatic N) is 4. The third kappa shape index (κ3) is 4.38. The molecule has 10 heteroatoms. The van der Waals surface area contributed by atoms with Gasteiger partial charge in [-0.1, -0.05) is 27.7 Å². The molecule has 0 aliphatic heterocycles. The number of rotatable bonds is 4. The summed E-state index contributed by atoms with van der Waals surface area (Å²) in [6, 6.07) is 1.94. The van der Waals surface area contributed by atoms with Crippen LogP contribution in [0.5, 0.6) is 0 Å². The third-order valence-electron chi connectivity index (χ3n) is 4.53. The number of fused-ring (bicyclic) bond motifs is 2. The molecule has 0 saturated heterocycles. The van der Waals surface area contributed by atoms with Gasteiger partial charge in [0.25, 0.3) is 5.56 Å². The first-order chi connectivity index (χ1) is 13.8. The van der Waals surface area contributed by atoms with Crippen molar-refractivity contribution in [3.8, 4) is 11.4 Å². The first-order valence-corrected chi connectivity index (χ1v) is 9.78. The molecule has 4 rings (SSSR count). The van der Waals surface area contributed by atoms with Crippen LogP contribution in [0.2, 0.25) is 0 Å². The van der Waals surface area contributed by atoms with Gasteiger partial charge in [-0.25, -0.2) is 9.97 Å². The summed E-state index contributed by atoms with van der Waals surface area (Å²) in [6.45, 7) is 9.97. The van der Waals surface area contributed by atoms with Gasteiger partial charge in [-0.05, 0) is 30.4 Å². The fraction of sp³-hybridized carbons (Fsp3) is 0.400. The van der Waals surface area contributed by atoms with E-state index < -0.39 is 0 Å². The zero-order chi connectivity index (χ0) is 21.3. The number of nitrogens with one attached hydrogen (secondary N) is 3. The monoisotopic (exact) mass is 425 g/mol. The van der Waals surface area contributed by atoms with Crippen molar-refractivity contribution >= 4 is 49.2 Å². The number of H-pyrrole nitrogens is 2. The smallest absolute Gasteiger partial charge is 0.261 e. The minimum atomic E-state index is -0.347. The topological polar surface area (TPSA) is 104 Å². The van der Waals surface area contributed by atoms with Crippen molar-refractivity contribution in [2.75, 3.05) is 5.32 Å². The van der Waals surface area contributed by atoms with E-state index in [0.29, 0.717) is 33.8 Å². The van der Waals surface area contributed by atoms with Gasteiger partial charge < -0.3 is 15.3 Å². The van der Waals surface area contributed by atoms with Crippen molar-refractivity contribution in [3.63, 3.8) is 0 Å². The van der Waals surface area contributed by atoms with Crippen molar-refractivity contribution in [3.05, 3.63) is 34.4 Å². The van der Waals surface area contributed by atoms with E-state index in [1.165, 1.54) is 0 Å². The third-order valence-corrected chi connectivity index (χ3v) is 4.53. The van der Waals surface area contributed by atoms with Gasteiger partial charge in [0.05, 0.1) is 24.6 Å². The Kier molecular flexibility index (Phi) is 7.36. The summed E-state index contributed by atoms with van der Waals surface area (Å²) < 4.78 is 1.65. The van der Waals surface area contributed by atoms with Crippen molar-refractivity contribution < 1.29 is 0 Å². The number of imidazole rings is 1. The lowest BCUT2D eigenvalue weighted by molar-refractivity contribution is 0.643. The molecule has 0 aromatic carbocycles. The van der Waals surface area contributed by atoms with Crippen LogP contribution in [0.4, 0.5) is 5.69 Å². The SMILES string of the molecule is CC.S.[B]C(Nc1c(-c2nc3ncc(C)cc3[nH]2)c(=O)[nH]c2cn(C)nc12)C(C)C. The Morgan fingerprint density at radius 3 is 2.57 bits per heavy atom. The first-order valence-electron chi connectivity index (χ1n) is 9.78. The number of anilines is 1. The summed E-state index contributed by atoms with van der Waals surface area (Å²) in [5.41, 5.74) is 4.25. The van der Waals surface area contributed by atoms with E-state index in [1.54, 1.807) is 24.1 Å². The molecule has 4 aromatic rings. The van der Waals surface area contributed by atoms with Gasteiger partial charge in [-0.15, -0.1) is 0 Å². The fourth-order valence-corrected chi connectivity index (χ4v) is 3.00. The van der Waals surface area contributed by atoms with Crippen LogP contribution in [0.1, 0.15) is 33.3 Å². The van der Waals surface area contributed by atoms with E-state index >= 15 is 0 Å². The molecule has 4 heterocycles. The van der Waals surface area contributed by atoms with E-state index in [1.807, 2.05) is 40.7 Å². The second-order valence-corrected chi connectivity index (χ2v) is 7.15. The summed E-state index contributed by atoms with van der Waals surface area (Å²) in [5.74, 6) is 0.242. The van der Waals surface area contributed by atoms with Gasteiger partial charge in [-0.2, -0.15) is 18.6 Å². The molecule has 0 bridgehead atoms. The Labute approximate surface area is 183 Å². The lowest BCUT2D eigenvalue weighted by atomic mass is 9.85. The number of aromatic nitrogens is 6. The Morgan fingerprint density at radius 2 is 1.90 bits per heavy atom. The number of pyridine rings is 2. The number of hydrogen-bond donors (Lipinski definition) is 3. The molecule has 0 aliphatic rings. The molecule has 4 aromatic heterocycles. The molecular weight excluding hydrogens is 397 g/mol. The largest absolute Gasteiger partial charge is 0.388 e. The Morgan fingerprint density at radius 1 is 1.20 bits per heavy atom. The average molecular weight is 425 g/mol. The van der Waals surface area contributed by atoms with E-state index in [2.05, 4.69) is 30.4 Å². The van der Waals surface area contributed by atoms with Crippen LogP contribution in [0.15, 0.2) is 23.3 Å². The molecule has 158 valence electrons. The highest BCUT2D eigenvalue weighted by Gasteiger charge is 2.22. The molecular formula is C20H28BN7OS. The molecule has 1 unspecified atom stereocenters. The van der Waals surface area contributed by atoms with Gasteiger partial charge >= 0.3 is 0 Å². The second kappa shape index (κ2) is 9.38. The van der Waals surface area contributed by atoms with Gasteiger partial charge in [0.1, 0.15) is 16.9 Å². The summed E-state index contributed by atoms with van der Waals surface area (Å²) >= 11 is 0. The van der Waals surface area contributed by atoms with Crippen LogP contribution < -0.4 is 10.9 Å². The molecule has 30 heavy (non-hydrogen) atoms. The predicted molar refractivity (Wildman–Crippen MR) is 129 cm³/mol. The molecule has 0 spiro atoms. The lowest BCUT2D eigenvalue weighted by Gasteiger charge is -2.21. The second-order valence-electron chi connectivity index (χ2n) is 7.15. The fourth-order valence-electron chi connectivity index (χ4n) is 3.00. The minimum absolute atomic E-state index is 0. The summed E-state index contributed by atoms with van der Waals surface area (Å²) in [4.78, 5) is 27.8. The zero-order valence-corrected chi connectivity index (χ0v) is 19.2. The standard InChI is InChI=1S/C18H20BN7O.C2H6.H2S/c1-8(2)15(19)23-14-12(18(27)22-11-7-26(4)25-13(11)14)17-21-10-5-9(3)6-20-16(10)24-17;1-2;/h5-8,15,23H,1-4H3,(H,22,27)(H,20,21,24);1-2H3;1H2. The number of aromatic amines is 2. The van der Waals surface area contributed by atoms with E-state index in [9.17, 15) is 4.79 Å². The van der Waals surface area contributed by atoms with Crippen LogP contribution in [-0.2, 0) is 7.05 Å². The van der Waals surface area contributed by atoms with Crippen molar-refractivity contribution in [2.24, 2.45) is 13.0 Å². The molecule has 0 aliphatic carbocycles. The number of hydrogen-bond acceptors (Lipinski definition) is 5. The normalized spacial score (nSPS) is 11.8. The van der Waals surface area contributed by atoms with Crippen LogP contribution in [-0.4, -0.2) is 43.5 Å². The Hall–Kier alpha value is -2.75. The van der Waals surface area contributed by atoms with E-state index in [0.717, 1.165) is 11.1 Å². The summed E-state index contributed by atoms with van der Waals surface area (Å²) in [5, 5.41) is 7.75. The van der Waals surface area contributed by atoms with E-state index in [4.69, 9.17) is 7.85 Å². The molecule has 2 radical (unpaired) electrons. The van der Waals surface area contributed by atoms with Gasteiger partial charge in [0.2, 0.25) is 0 Å². The highest BCUT2D eigenvalue weighted by molar-refractivity contribution is 7.59. The van der Waals surface area contributed by atoms with Gasteiger partial charge in [0.15, 0.2) is 5.65 Å². The molecule has 0 saturated carbocycles. The minimum Gasteiger partial charge on any atom is -0.388 e. The quantitative estimate of drug-likeness (QED) is 0.436. The average Bonchev–Trinajstić information content (AvgIpc) is 3.25. The van der Waals surface area contributed by atoms with E-state index in [-0.39, 0.29) is 30.9 Å². The highest BCUT2D eigenvalue weighted by Crippen LogP contribution is 2.30. The molecule has 1 atom stereocenters. The van der Waals surface area contributed by atoms with Crippen LogP contribution in [0.25, 0.3) is 33.6 Å². The Bertz CT molecular complexity index is 1210. The maximum Gasteiger partial charge on any atom is 0.261 e. The van der Waals surface area contributed by atoms with Crippen molar-refractivity contribution in [2.45, 2.75) is 40.6 Å². The lowest BCUT2D eigenvalue weighted by Crippen LogP contribution is -2.27. The molecule has 3 N–H and O–H groups in total. The van der Waals surface area contributed by atoms with Crippen molar-refractivity contribution in [1.29, 1.82) is 0 Å². The van der Waals surface area contributed by atoms with Crippen LogP contribution >= 0.6 is 13.5 Å². The maximum absolute atomic E-state index is 12.9. The zero-order valence-electron chi connectivity index (χ0n) is 18.2. The molecule has 0 amide bonds. The van der Waals surface area contributed by atoms with Gasteiger partial charge in [0, 0.05) is 19.4 Å². The predicted octanol–water partition coefficient (Wildman–Crippen LogP) is 3.21. The first kappa shape index (κ1) is 23.5. The summed E-state index contributed by atoms with van der Waals surface area (Å²) in [7, 11) is 8.04. The molecule has 8 nitrogen and oxygen atoms in total. The number of aryl methyl sites for hydroxylation is 2. The Balaban J connectivity index is 0.00000104. The molecule has 0 fully saturated rings. The van der Waals surface area contributed by atoms with Crippen molar-refractivity contribution in [1.82, 2.24) is 29.7 Å². The van der Waals surface area contributed by atoms with Crippen LogP contribution in [0, 0.1) is 12.8 Å². The van der Waals surface area contributed by atoms with Crippen LogP contribution in [0.3, 0.4) is 0 Å². The van der Waals surface area contributed by atoms with Gasteiger partial charge in [-0.3, -0.25) is 9.48 Å². The maximum atomic E-state index is 12.9.